The van der Waals surface area contributed by atoms with E-state index in [2.05, 4.69) is 11.4 Å². The van der Waals surface area contributed by atoms with Gasteiger partial charge in [0.05, 0.1) is 6.10 Å². The van der Waals surface area contributed by atoms with E-state index in [4.69, 9.17) is 4.74 Å². The minimum atomic E-state index is -0.524. The van der Waals surface area contributed by atoms with Crippen molar-refractivity contribution in [2.24, 2.45) is 0 Å². The summed E-state index contributed by atoms with van der Waals surface area (Å²) in [5.41, 5.74) is 3.49. The molecule has 0 unspecified atom stereocenters. The van der Waals surface area contributed by atoms with Gasteiger partial charge in [0.2, 0.25) is 0 Å². The molecular formula is C21H25NO3. The van der Waals surface area contributed by atoms with Gasteiger partial charge in [0.1, 0.15) is 5.60 Å². The van der Waals surface area contributed by atoms with E-state index >= 15 is 0 Å². The van der Waals surface area contributed by atoms with E-state index in [0.29, 0.717) is 5.69 Å². The van der Waals surface area contributed by atoms with Gasteiger partial charge in [0.25, 0.3) is 0 Å². The molecule has 1 aliphatic carbocycles. The molecule has 2 atom stereocenters. The number of anilines is 1. The Bertz CT molecular complexity index is 746. The third-order valence-electron chi connectivity index (χ3n) is 4.46. The third-order valence-corrected chi connectivity index (χ3v) is 4.46. The third kappa shape index (κ3) is 4.20. The molecule has 0 saturated carbocycles. The minimum Gasteiger partial charge on any atom is -0.444 e. The number of rotatable bonds is 2. The van der Waals surface area contributed by atoms with Gasteiger partial charge in [-0.3, -0.25) is 5.32 Å². The van der Waals surface area contributed by atoms with E-state index in [1.165, 1.54) is 5.56 Å². The van der Waals surface area contributed by atoms with Crippen molar-refractivity contribution in [1.29, 1.82) is 0 Å². The summed E-state index contributed by atoms with van der Waals surface area (Å²) in [4.78, 5) is 11.8. The Kier molecular flexibility index (Phi) is 4.82. The molecule has 0 saturated heterocycles. The smallest absolute Gasteiger partial charge is 0.412 e. The number of hydrogen-bond donors (Lipinski definition) is 2. The zero-order chi connectivity index (χ0) is 18.0. The van der Waals surface area contributed by atoms with E-state index in [-0.39, 0.29) is 5.92 Å². The molecule has 0 heterocycles. The van der Waals surface area contributed by atoms with Gasteiger partial charge in [-0.25, -0.2) is 4.79 Å². The standard InChI is InChI=1S/C21H25NO3/c1-21(2,3)25-20(24)22-16-11-8-15(9-12-16)18-13-10-14-6-4-5-7-17(14)19(18)23/h4-9,11-12,18-19,23H,10,13H2,1-3H3,(H,22,24)/t18-,19-/m1/s1. The van der Waals surface area contributed by atoms with Crippen LogP contribution in [0.25, 0.3) is 0 Å². The second kappa shape index (κ2) is 6.89. The van der Waals surface area contributed by atoms with Crippen molar-refractivity contribution >= 4 is 11.8 Å². The van der Waals surface area contributed by atoms with Crippen molar-refractivity contribution in [3.63, 3.8) is 0 Å². The van der Waals surface area contributed by atoms with Crippen LogP contribution >= 0.6 is 0 Å². The lowest BCUT2D eigenvalue weighted by atomic mass is 9.78. The van der Waals surface area contributed by atoms with Crippen molar-refractivity contribution < 1.29 is 14.6 Å². The SMILES string of the molecule is CC(C)(C)OC(=O)Nc1ccc([C@H]2CCc3ccccc3[C@H]2O)cc1. The summed E-state index contributed by atoms with van der Waals surface area (Å²) in [6, 6.07) is 15.7. The lowest BCUT2D eigenvalue weighted by Crippen LogP contribution is -2.27. The molecule has 4 nitrogen and oxygen atoms in total. The summed E-state index contributed by atoms with van der Waals surface area (Å²) in [5.74, 6) is 0.0745. The number of nitrogens with one attached hydrogen (secondary N) is 1. The Morgan fingerprint density at radius 3 is 2.48 bits per heavy atom. The van der Waals surface area contributed by atoms with Gasteiger partial charge in [0.15, 0.2) is 0 Å². The highest BCUT2D eigenvalue weighted by Gasteiger charge is 2.28. The maximum Gasteiger partial charge on any atom is 0.412 e. The summed E-state index contributed by atoms with van der Waals surface area (Å²) < 4.78 is 5.25. The number of carbonyl (C=O) groups excluding carboxylic acids is 1. The topological polar surface area (TPSA) is 58.6 Å². The molecule has 25 heavy (non-hydrogen) atoms. The number of ether oxygens (including phenoxy) is 1. The fourth-order valence-corrected chi connectivity index (χ4v) is 3.32. The van der Waals surface area contributed by atoms with E-state index in [9.17, 15) is 9.90 Å². The number of amides is 1. The summed E-state index contributed by atoms with van der Waals surface area (Å²) in [6.07, 6.45) is 0.925. The summed E-state index contributed by atoms with van der Waals surface area (Å²) >= 11 is 0. The molecule has 2 N–H and O–H groups in total. The van der Waals surface area contributed by atoms with Gasteiger partial charge in [-0.05, 0) is 62.4 Å². The van der Waals surface area contributed by atoms with Crippen LogP contribution in [0, 0.1) is 0 Å². The molecule has 1 amide bonds. The van der Waals surface area contributed by atoms with Crippen LogP contribution < -0.4 is 5.32 Å². The van der Waals surface area contributed by atoms with Gasteiger partial charge in [-0.2, -0.15) is 0 Å². The number of benzene rings is 2. The van der Waals surface area contributed by atoms with Crippen LogP contribution in [-0.2, 0) is 11.2 Å². The number of aryl methyl sites for hydroxylation is 1. The first-order valence-corrected chi connectivity index (χ1v) is 8.69. The van der Waals surface area contributed by atoms with E-state index in [1.54, 1.807) is 0 Å². The predicted octanol–water partition coefficient (Wildman–Crippen LogP) is 4.80. The largest absolute Gasteiger partial charge is 0.444 e. The molecule has 0 spiro atoms. The second-order valence-corrected chi connectivity index (χ2v) is 7.54. The first kappa shape index (κ1) is 17.5. The second-order valence-electron chi connectivity index (χ2n) is 7.54. The normalized spacial score (nSPS) is 19.8. The van der Waals surface area contributed by atoms with Crippen molar-refractivity contribution in [2.75, 3.05) is 5.32 Å². The van der Waals surface area contributed by atoms with Crippen molar-refractivity contribution in [2.45, 2.75) is 51.2 Å². The molecule has 132 valence electrons. The Hall–Kier alpha value is -2.33. The number of hydrogen-bond acceptors (Lipinski definition) is 3. The summed E-state index contributed by atoms with van der Waals surface area (Å²) in [6.45, 7) is 5.49. The first-order valence-electron chi connectivity index (χ1n) is 8.69. The molecule has 1 aliphatic rings. The van der Waals surface area contributed by atoms with Gasteiger partial charge in [0, 0.05) is 11.6 Å². The molecule has 2 aromatic carbocycles. The monoisotopic (exact) mass is 339 g/mol. The van der Waals surface area contributed by atoms with Gasteiger partial charge in [-0.15, -0.1) is 0 Å². The van der Waals surface area contributed by atoms with Crippen LogP contribution in [0.1, 0.15) is 55.9 Å². The van der Waals surface area contributed by atoms with Crippen LogP contribution in [0.15, 0.2) is 48.5 Å². The van der Waals surface area contributed by atoms with Crippen LogP contribution in [0.3, 0.4) is 0 Å². The zero-order valence-electron chi connectivity index (χ0n) is 15.0. The van der Waals surface area contributed by atoms with Gasteiger partial charge in [-0.1, -0.05) is 36.4 Å². The lowest BCUT2D eigenvalue weighted by molar-refractivity contribution is 0.0636. The quantitative estimate of drug-likeness (QED) is 0.826. The highest BCUT2D eigenvalue weighted by molar-refractivity contribution is 5.84. The Balaban J connectivity index is 1.70. The van der Waals surface area contributed by atoms with Crippen molar-refractivity contribution in [3.8, 4) is 0 Å². The molecule has 0 aromatic heterocycles. The lowest BCUT2D eigenvalue weighted by Gasteiger charge is -2.30. The molecule has 0 fully saturated rings. The average Bonchev–Trinajstić information content (AvgIpc) is 2.55. The predicted molar refractivity (Wildman–Crippen MR) is 98.8 cm³/mol. The zero-order valence-corrected chi connectivity index (χ0v) is 15.0. The van der Waals surface area contributed by atoms with Gasteiger partial charge >= 0.3 is 6.09 Å². The summed E-state index contributed by atoms with van der Waals surface area (Å²) in [7, 11) is 0. The number of carbonyl (C=O) groups is 1. The Morgan fingerprint density at radius 1 is 1.12 bits per heavy atom. The fourth-order valence-electron chi connectivity index (χ4n) is 3.32. The highest BCUT2D eigenvalue weighted by Crippen LogP contribution is 2.40. The minimum absolute atomic E-state index is 0.0745. The van der Waals surface area contributed by atoms with Crippen LogP contribution in [0.4, 0.5) is 10.5 Å². The maximum atomic E-state index is 11.8. The maximum absolute atomic E-state index is 11.8. The molecule has 3 rings (SSSR count). The van der Waals surface area contributed by atoms with Crippen LogP contribution in [0.2, 0.25) is 0 Å². The average molecular weight is 339 g/mol. The Morgan fingerprint density at radius 2 is 1.80 bits per heavy atom. The number of aliphatic hydroxyl groups is 1. The van der Waals surface area contributed by atoms with E-state index < -0.39 is 17.8 Å². The fraction of sp³-hybridized carbons (Fsp3) is 0.381. The van der Waals surface area contributed by atoms with Crippen molar-refractivity contribution in [3.05, 3.63) is 65.2 Å². The number of fused-ring (bicyclic) bond motifs is 1. The molecule has 2 aromatic rings. The molecule has 0 radical (unpaired) electrons. The number of aliphatic hydroxyl groups excluding tert-OH is 1. The molecule has 0 aliphatic heterocycles. The Labute approximate surface area is 148 Å². The van der Waals surface area contributed by atoms with E-state index in [1.807, 2.05) is 63.2 Å². The van der Waals surface area contributed by atoms with Crippen LogP contribution in [0.5, 0.6) is 0 Å². The highest BCUT2D eigenvalue weighted by atomic mass is 16.6. The first-order chi connectivity index (χ1) is 11.8. The van der Waals surface area contributed by atoms with E-state index in [0.717, 1.165) is 24.0 Å². The van der Waals surface area contributed by atoms with Crippen LogP contribution in [-0.4, -0.2) is 16.8 Å². The summed E-state index contributed by atoms with van der Waals surface area (Å²) in [5, 5.41) is 13.5. The molecular weight excluding hydrogens is 314 g/mol. The van der Waals surface area contributed by atoms with Gasteiger partial charge < -0.3 is 9.84 Å². The van der Waals surface area contributed by atoms with Crippen molar-refractivity contribution in [1.82, 2.24) is 0 Å². The molecule has 0 bridgehead atoms. The molecule has 4 heteroatoms.